The number of nitro benzene ring substituents is 2. The van der Waals surface area contributed by atoms with E-state index in [9.17, 15) is 29.8 Å². The average molecular weight is 315 g/mol. The van der Waals surface area contributed by atoms with E-state index in [4.69, 9.17) is 11.6 Å². The highest BCUT2D eigenvalue weighted by atomic mass is 35.5. The standard InChI is InChI=1S/C10H7ClN4O6/c1-2-3-5-6(13-10(17)9(16)12-5)4(11)8(15(20)21)7(3)14(18)19/h2H2,1H3,(H,12,16)(H,13,17). The van der Waals surface area contributed by atoms with Gasteiger partial charge >= 0.3 is 22.5 Å². The van der Waals surface area contributed by atoms with E-state index in [1.807, 2.05) is 0 Å². The molecule has 0 bridgehead atoms. The molecule has 1 heterocycles. The second-order valence-electron chi connectivity index (χ2n) is 4.02. The lowest BCUT2D eigenvalue weighted by molar-refractivity contribution is -0.422. The maximum absolute atomic E-state index is 11.4. The lowest BCUT2D eigenvalue weighted by atomic mass is 10.1. The number of aryl methyl sites for hydroxylation is 1. The number of rotatable bonds is 3. The number of nitrogens with one attached hydrogen (secondary N) is 2. The third kappa shape index (κ3) is 2.14. The molecule has 2 aromatic rings. The Morgan fingerprint density at radius 1 is 1.00 bits per heavy atom. The van der Waals surface area contributed by atoms with E-state index in [-0.39, 0.29) is 23.0 Å². The fraction of sp³-hybridized carbons (Fsp3) is 0.200. The number of hydrogen-bond acceptors (Lipinski definition) is 6. The number of nitrogens with zero attached hydrogens (tertiary/aromatic N) is 2. The van der Waals surface area contributed by atoms with Crippen LogP contribution in [0.2, 0.25) is 5.02 Å². The van der Waals surface area contributed by atoms with Gasteiger partial charge in [0.1, 0.15) is 0 Å². The lowest BCUT2D eigenvalue weighted by Gasteiger charge is -2.07. The van der Waals surface area contributed by atoms with E-state index < -0.39 is 37.4 Å². The summed E-state index contributed by atoms with van der Waals surface area (Å²) in [4.78, 5) is 47.2. The van der Waals surface area contributed by atoms with Crippen LogP contribution in [0.1, 0.15) is 12.5 Å². The Morgan fingerprint density at radius 3 is 1.90 bits per heavy atom. The highest BCUT2D eigenvalue weighted by molar-refractivity contribution is 6.37. The summed E-state index contributed by atoms with van der Waals surface area (Å²) in [6.45, 7) is 1.52. The maximum Gasteiger partial charge on any atom is 0.367 e. The predicted molar refractivity (Wildman–Crippen MR) is 72.9 cm³/mol. The van der Waals surface area contributed by atoms with Gasteiger partial charge in [0.25, 0.3) is 0 Å². The summed E-state index contributed by atoms with van der Waals surface area (Å²) in [5, 5.41) is 21.6. The number of benzene rings is 1. The van der Waals surface area contributed by atoms with Gasteiger partial charge in [-0.1, -0.05) is 18.5 Å². The molecule has 0 aliphatic rings. The largest absolute Gasteiger partial charge is 0.367 e. The van der Waals surface area contributed by atoms with Crippen molar-refractivity contribution in [3.63, 3.8) is 0 Å². The number of aromatic amines is 2. The SMILES string of the molecule is CCc1c([N+](=O)[O-])c([N+](=O)[O-])c(Cl)c2[nH]c(=O)c(=O)[nH]c12. The van der Waals surface area contributed by atoms with Gasteiger partial charge in [0, 0.05) is 0 Å². The molecule has 0 aliphatic carbocycles. The van der Waals surface area contributed by atoms with E-state index >= 15 is 0 Å². The van der Waals surface area contributed by atoms with Gasteiger partial charge in [-0.05, 0) is 6.42 Å². The molecule has 11 heteroatoms. The monoisotopic (exact) mass is 314 g/mol. The van der Waals surface area contributed by atoms with Gasteiger partial charge in [0.15, 0.2) is 5.02 Å². The first-order chi connectivity index (χ1) is 9.79. The van der Waals surface area contributed by atoms with Crippen LogP contribution in [-0.4, -0.2) is 19.8 Å². The Hall–Kier alpha value is -2.75. The molecule has 10 nitrogen and oxygen atoms in total. The first-order valence-electron chi connectivity index (χ1n) is 5.59. The molecule has 1 aromatic heterocycles. The van der Waals surface area contributed by atoms with Gasteiger partial charge in [0.2, 0.25) is 0 Å². The normalized spacial score (nSPS) is 10.8. The Labute approximate surface area is 119 Å². The summed E-state index contributed by atoms with van der Waals surface area (Å²) < 4.78 is 0. The minimum Gasteiger partial charge on any atom is -0.315 e. The molecule has 0 saturated carbocycles. The fourth-order valence-corrected chi connectivity index (χ4v) is 2.35. The van der Waals surface area contributed by atoms with Crippen LogP contribution in [0.5, 0.6) is 0 Å². The maximum atomic E-state index is 11.4. The molecule has 0 aliphatic heterocycles. The molecule has 0 unspecified atom stereocenters. The van der Waals surface area contributed by atoms with Crippen molar-refractivity contribution in [3.05, 3.63) is 51.5 Å². The summed E-state index contributed by atoms with van der Waals surface area (Å²) in [6, 6.07) is 0. The number of fused-ring (bicyclic) bond motifs is 1. The van der Waals surface area contributed by atoms with Crippen molar-refractivity contribution in [1.82, 2.24) is 9.97 Å². The third-order valence-corrected chi connectivity index (χ3v) is 3.26. The summed E-state index contributed by atoms with van der Waals surface area (Å²) in [6.07, 6.45) is 0.0206. The van der Waals surface area contributed by atoms with E-state index in [1.165, 1.54) is 6.92 Å². The molecule has 0 saturated heterocycles. The first kappa shape index (κ1) is 14.7. The van der Waals surface area contributed by atoms with Gasteiger partial charge in [-0.15, -0.1) is 0 Å². The molecular formula is C10H7ClN4O6. The highest BCUT2D eigenvalue weighted by Crippen LogP contribution is 2.42. The quantitative estimate of drug-likeness (QED) is 0.494. The Kier molecular flexibility index (Phi) is 3.47. The van der Waals surface area contributed by atoms with E-state index in [0.29, 0.717) is 0 Å². The van der Waals surface area contributed by atoms with Crippen LogP contribution in [-0.2, 0) is 6.42 Å². The number of H-pyrrole nitrogens is 2. The van der Waals surface area contributed by atoms with E-state index in [1.54, 1.807) is 0 Å². The van der Waals surface area contributed by atoms with Gasteiger partial charge < -0.3 is 9.97 Å². The van der Waals surface area contributed by atoms with Gasteiger partial charge in [-0.25, -0.2) is 0 Å². The molecule has 0 amide bonds. The Morgan fingerprint density at radius 2 is 1.48 bits per heavy atom. The summed E-state index contributed by atoms with van der Waals surface area (Å²) in [5.41, 5.74) is -4.21. The zero-order valence-corrected chi connectivity index (χ0v) is 11.2. The van der Waals surface area contributed by atoms with Crippen molar-refractivity contribution in [1.29, 1.82) is 0 Å². The second-order valence-corrected chi connectivity index (χ2v) is 4.39. The molecule has 21 heavy (non-hydrogen) atoms. The molecule has 0 radical (unpaired) electrons. The summed E-state index contributed by atoms with van der Waals surface area (Å²) in [7, 11) is 0. The number of hydrogen-bond donors (Lipinski definition) is 2. The molecule has 2 rings (SSSR count). The van der Waals surface area contributed by atoms with Gasteiger partial charge in [0.05, 0.1) is 26.4 Å². The molecule has 2 N–H and O–H groups in total. The van der Waals surface area contributed by atoms with Crippen LogP contribution < -0.4 is 11.1 Å². The minimum atomic E-state index is -1.06. The number of nitro groups is 2. The second kappa shape index (κ2) is 4.98. The zero-order chi connectivity index (χ0) is 15.9. The molecule has 0 spiro atoms. The van der Waals surface area contributed by atoms with Crippen molar-refractivity contribution in [3.8, 4) is 0 Å². The predicted octanol–water partition coefficient (Wildman–Crippen LogP) is 1.25. The van der Waals surface area contributed by atoms with Crippen molar-refractivity contribution in [2.45, 2.75) is 13.3 Å². The number of aromatic nitrogens is 2. The number of halogens is 1. The van der Waals surface area contributed by atoms with Crippen LogP contribution in [0.25, 0.3) is 11.0 Å². The zero-order valence-electron chi connectivity index (χ0n) is 10.4. The van der Waals surface area contributed by atoms with Crippen LogP contribution in [0.3, 0.4) is 0 Å². The third-order valence-electron chi connectivity index (χ3n) is 2.89. The van der Waals surface area contributed by atoms with Crippen molar-refractivity contribution in [2.24, 2.45) is 0 Å². The lowest BCUT2D eigenvalue weighted by Crippen LogP contribution is -2.29. The first-order valence-corrected chi connectivity index (χ1v) is 5.96. The molecule has 0 atom stereocenters. The van der Waals surface area contributed by atoms with E-state index in [0.717, 1.165) is 0 Å². The molecule has 0 fully saturated rings. The average Bonchev–Trinajstić information content (AvgIpc) is 2.40. The minimum absolute atomic E-state index is 0.0206. The summed E-state index contributed by atoms with van der Waals surface area (Å²) >= 11 is 5.80. The molecule has 110 valence electrons. The Balaban J connectivity index is 3.20. The van der Waals surface area contributed by atoms with Crippen LogP contribution >= 0.6 is 11.6 Å². The van der Waals surface area contributed by atoms with Crippen molar-refractivity contribution in [2.75, 3.05) is 0 Å². The fourth-order valence-electron chi connectivity index (χ4n) is 2.05. The molecular weight excluding hydrogens is 308 g/mol. The topological polar surface area (TPSA) is 152 Å². The summed E-state index contributed by atoms with van der Waals surface area (Å²) in [5.74, 6) is 0. The van der Waals surface area contributed by atoms with Crippen LogP contribution in [0, 0.1) is 20.2 Å². The van der Waals surface area contributed by atoms with Crippen LogP contribution in [0.15, 0.2) is 9.59 Å². The van der Waals surface area contributed by atoms with E-state index in [2.05, 4.69) is 9.97 Å². The van der Waals surface area contributed by atoms with Gasteiger partial charge in [-0.2, -0.15) is 0 Å². The smallest absolute Gasteiger partial charge is 0.315 e. The Bertz CT molecular complexity index is 899. The van der Waals surface area contributed by atoms with Crippen LogP contribution in [0.4, 0.5) is 11.4 Å². The van der Waals surface area contributed by atoms with Gasteiger partial charge in [-0.3, -0.25) is 29.8 Å². The van der Waals surface area contributed by atoms with Crippen molar-refractivity contribution < 1.29 is 9.85 Å². The highest BCUT2D eigenvalue weighted by Gasteiger charge is 2.35. The molecule has 1 aromatic carbocycles. The van der Waals surface area contributed by atoms with Crippen molar-refractivity contribution >= 4 is 34.0 Å².